The van der Waals surface area contributed by atoms with E-state index in [4.69, 9.17) is 9.47 Å². The third kappa shape index (κ3) is 4.40. The Kier molecular flexibility index (Phi) is 6.17. The van der Waals surface area contributed by atoms with Gasteiger partial charge in [-0.3, -0.25) is 0 Å². The Hall–Kier alpha value is -2.29. The van der Waals surface area contributed by atoms with Crippen molar-refractivity contribution in [1.29, 1.82) is 0 Å². The van der Waals surface area contributed by atoms with E-state index in [1.165, 1.54) is 59.1 Å². The van der Waals surface area contributed by atoms with Crippen molar-refractivity contribution < 1.29 is 14.3 Å². The monoisotopic (exact) mass is 406 g/mol. The first-order valence-electron chi connectivity index (χ1n) is 11.7. The van der Waals surface area contributed by atoms with Crippen LogP contribution in [0.4, 0.5) is 4.79 Å². The van der Waals surface area contributed by atoms with Gasteiger partial charge in [0.15, 0.2) is 0 Å². The SMILES string of the molecule is CCCc1ccc(OC(=O)Oc2ccc(CCC)c(C)c2C2CC2)c(C2CC2)c1C. The van der Waals surface area contributed by atoms with Gasteiger partial charge >= 0.3 is 6.16 Å². The summed E-state index contributed by atoms with van der Waals surface area (Å²) in [6.07, 6.45) is 8.42. The topological polar surface area (TPSA) is 35.5 Å². The number of aryl methyl sites for hydroxylation is 2. The minimum absolute atomic E-state index is 0.516. The minimum atomic E-state index is -0.621. The van der Waals surface area contributed by atoms with Gasteiger partial charge in [0.25, 0.3) is 0 Å². The summed E-state index contributed by atoms with van der Waals surface area (Å²) in [4.78, 5) is 12.8. The number of ether oxygens (including phenoxy) is 2. The molecule has 2 aliphatic rings. The highest BCUT2D eigenvalue weighted by atomic mass is 16.7. The fourth-order valence-corrected chi connectivity index (χ4v) is 4.72. The first-order chi connectivity index (χ1) is 14.5. The average Bonchev–Trinajstić information content (AvgIpc) is 3.60. The zero-order chi connectivity index (χ0) is 21.3. The second kappa shape index (κ2) is 8.83. The normalized spacial score (nSPS) is 15.9. The first kappa shape index (κ1) is 21.0. The first-order valence-corrected chi connectivity index (χ1v) is 11.7. The maximum Gasteiger partial charge on any atom is 0.519 e. The quantitative estimate of drug-likeness (QED) is 0.335. The second-order valence-corrected chi connectivity index (χ2v) is 9.03. The third-order valence-corrected chi connectivity index (χ3v) is 6.57. The molecule has 0 spiro atoms. The lowest BCUT2D eigenvalue weighted by Gasteiger charge is -2.18. The van der Waals surface area contributed by atoms with Crippen LogP contribution in [-0.4, -0.2) is 6.16 Å². The molecule has 30 heavy (non-hydrogen) atoms. The molecule has 3 heteroatoms. The summed E-state index contributed by atoms with van der Waals surface area (Å²) >= 11 is 0. The standard InChI is InChI=1S/C27H34O3/c1-5-7-19-13-15-23(25(17(19)3)21-9-10-21)29-27(28)30-24-16-14-20(8-6-2)18(4)26(24)22-11-12-22/h13-16,21-22H,5-12H2,1-4H3. The highest BCUT2D eigenvalue weighted by Gasteiger charge is 2.32. The molecule has 3 nitrogen and oxygen atoms in total. The van der Waals surface area contributed by atoms with Crippen LogP contribution in [-0.2, 0) is 12.8 Å². The van der Waals surface area contributed by atoms with Crippen molar-refractivity contribution in [1.82, 2.24) is 0 Å². The Balaban J connectivity index is 1.56. The Labute approximate surface area is 180 Å². The molecule has 0 heterocycles. The number of carbonyl (C=O) groups is 1. The van der Waals surface area contributed by atoms with Crippen molar-refractivity contribution >= 4 is 6.16 Å². The molecule has 0 aromatic heterocycles. The van der Waals surface area contributed by atoms with Crippen LogP contribution in [0.25, 0.3) is 0 Å². The van der Waals surface area contributed by atoms with Crippen LogP contribution < -0.4 is 9.47 Å². The van der Waals surface area contributed by atoms with Gasteiger partial charge in [-0.15, -0.1) is 0 Å². The molecule has 2 aliphatic carbocycles. The third-order valence-electron chi connectivity index (χ3n) is 6.57. The molecule has 0 unspecified atom stereocenters. The van der Waals surface area contributed by atoms with Crippen molar-refractivity contribution in [3.63, 3.8) is 0 Å². The van der Waals surface area contributed by atoms with Gasteiger partial charge in [0.2, 0.25) is 0 Å². The maximum absolute atomic E-state index is 12.8. The van der Waals surface area contributed by atoms with Gasteiger partial charge in [0, 0.05) is 11.1 Å². The molecule has 160 valence electrons. The van der Waals surface area contributed by atoms with E-state index in [0.717, 1.165) is 25.7 Å². The molecule has 0 N–H and O–H groups in total. The molecular formula is C27H34O3. The summed E-state index contributed by atoms with van der Waals surface area (Å²) in [7, 11) is 0. The molecule has 0 atom stereocenters. The Morgan fingerprint density at radius 3 is 1.50 bits per heavy atom. The number of rotatable bonds is 8. The Morgan fingerprint density at radius 1 is 0.767 bits per heavy atom. The molecule has 2 saturated carbocycles. The summed E-state index contributed by atoms with van der Waals surface area (Å²) in [5.74, 6) is 2.38. The molecule has 0 aliphatic heterocycles. The zero-order valence-corrected chi connectivity index (χ0v) is 18.8. The number of hydrogen-bond donors (Lipinski definition) is 0. The van der Waals surface area contributed by atoms with Gasteiger partial charge in [-0.2, -0.15) is 0 Å². The maximum atomic E-state index is 12.8. The predicted octanol–water partition coefficient (Wildman–Crippen LogP) is 7.54. The van der Waals surface area contributed by atoms with Crippen LogP contribution in [0, 0.1) is 13.8 Å². The average molecular weight is 407 g/mol. The van der Waals surface area contributed by atoms with E-state index < -0.39 is 6.16 Å². The van der Waals surface area contributed by atoms with Crippen LogP contribution in [0.2, 0.25) is 0 Å². The number of hydrogen-bond acceptors (Lipinski definition) is 3. The van der Waals surface area contributed by atoms with Crippen LogP contribution in [0.15, 0.2) is 24.3 Å². The van der Waals surface area contributed by atoms with E-state index in [-0.39, 0.29) is 0 Å². The van der Waals surface area contributed by atoms with Gasteiger partial charge in [-0.25, -0.2) is 4.79 Å². The molecule has 2 aromatic carbocycles. The molecular weight excluding hydrogens is 372 g/mol. The molecule has 0 saturated heterocycles. The van der Waals surface area contributed by atoms with Crippen LogP contribution in [0.5, 0.6) is 11.5 Å². The van der Waals surface area contributed by atoms with Crippen molar-refractivity contribution in [3.05, 3.63) is 57.6 Å². The van der Waals surface area contributed by atoms with E-state index >= 15 is 0 Å². The molecule has 0 amide bonds. The lowest BCUT2D eigenvalue weighted by molar-refractivity contribution is 0.151. The predicted molar refractivity (Wildman–Crippen MR) is 121 cm³/mol. The van der Waals surface area contributed by atoms with E-state index in [9.17, 15) is 4.79 Å². The van der Waals surface area contributed by atoms with Gasteiger partial charge in [0.1, 0.15) is 11.5 Å². The zero-order valence-electron chi connectivity index (χ0n) is 18.8. The fourth-order valence-electron chi connectivity index (χ4n) is 4.72. The van der Waals surface area contributed by atoms with E-state index in [2.05, 4.69) is 39.8 Å². The van der Waals surface area contributed by atoms with Crippen LogP contribution in [0.3, 0.4) is 0 Å². The fraction of sp³-hybridized carbons (Fsp3) is 0.519. The summed E-state index contributed by atoms with van der Waals surface area (Å²) < 4.78 is 11.6. The van der Waals surface area contributed by atoms with E-state index in [0.29, 0.717) is 23.3 Å². The summed E-state index contributed by atoms with van der Waals surface area (Å²) in [6.45, 7) is 8.72. The number of benzene rings is 2. The van der Waals surface area contributed by atoms with Crippen molar-refractivity contribution in [3.8, 4) is 11.5 Å². The van der Waals surface area contributed by atoms with Gasteiger partial charge in [0.05, 0.1) is 0 Å². The largest absolute Gasteiger partial charge is 0.519 e. The van der Waals surface area contributed by atoms with Crippen molar-refractivity contribution in [2.75, 3.05) is 0 Å². The smallest absolute Gasteiger partial charge is 0.394 e. The molecule has 2 aromatic rings. The minimum Gasteiger partial charge on any atom is -0.394 e. The Bertz CT molecular complexity index is 860. The summed E-state index contributed by atoms with van der Waals surface area (Å²) in [5.41, 5.74) is 7.69. The molecule has 0 radical (unpaired) electrons. The molecule has 2 fully saturated rings. The van der Waals surface area contributed by atoms with Gasteiger partial charge in [-0.1, -0.05) is 38.8 Å². The van der Waals surface area contributed by atoms with E-state index in [1.807, 2.05) is 12.1 Å². The van der Waals surface area contributed by atoms with E-state index in [1.54, 1.807) is 0 Å². The van der Waals surface area contributed by atoms with Crippen molar-refractivity contribution in [2.45, 2.75) is 90.9 Å². The van der Waals surface area contributed by atoms with Gasteiger partial charge in [-0.05, 0) is 98.6 Å². The molecule has 4 rings (SSSR count). The summed E-state index contributed by atoms with van der Waals surface area (Å²) in [5, 5.41) is 0. The highest BCUT2D eigenvalue weighted by Crippen LogP contribution is 2.48. The lowest BCUT2D eigenvalue weighted by atomic mass is 9.95. The van der Waals surface area contributed by atoms with Crippen LogP contribution in [0.1, 0.15) is 97.6 Å². The lowest BCUT2D eigenvalue weighted by Crippen LogP contribution is -2.16. The molecule has 0 bridgehead atoms. The van der Waals surface area contributed by atoms with Gasteiger partial charge < -0.3 is 9.47 Å². The Morgan fingerprint density at radius 2 is 1.17 bits per heavy atom. The summed E-state index contributed by atoms with van der Waals surface area (Å²) in [6, 6.07) is 8.13. The van der Waals surface area contributed by atoms with Crippen LogP contribution >= 0.6 is 0 Å². The highest BCUT2D eigenvalue weighted by molar-refractivity contribution is 5.70. The number of carbonyl (C=O) groups excluding carboxylic acids is 1. The van der Waals surface area contributed by atoms with Crippen molar-refractivity contribution in [2.24, 2.45) is 0 Å². The second-order valence-electron chi connectivity index (χ2n) is 9.03.